The van der Waals surface area contributed by atoms with E-state index in [9.17, 15) is 13.2 Å². The molecule has 112 valence electrons. The number of nitrogens with one attached hydrogen (secondary N) is 2. The molecule has 2 aliphatic rings. The summed E-state index contributed by atoms with van der Waals surface area (Å²) in [6, 6.07) is 0.744. The maximum atomic E-state index is 12.2. The smallest absolute Gasteiger partial charge is 0.305 e. The van der Waals surface area contributed by atoms with Crippen LogP contribution in [0, 0.1) is 12.8 Å². The van der Waals surface area contributed by atoms with Crippen LogP contribution in [-0.4, -0.2) is 44.0 Å². The summed E-state index contributed by atoms with van der Waals surface area (Å²) >= 11 is 0.747. The molecule has 20 heavy (non-hydrogen) atoms. The molecule has 1 aromatic heterocycles. The maximum absolute atomic E-state index is 12.2. The highest BCUT2D eigenvalue weighted by Crippen LogP contribution is 2.31. The molecule has 3 rings (SSSR count). The number of nitrogens with zero attached hydrogens (tertiary/aromatic N) is 1. The molecule has 1 saturated carbocycles. The van der Waals surface area contributed by atoms with E-state index in [2.05, 4.69) is 14.6 Å². The Morgan fingerprint density at radius 2 is 2.15 bits per heavy atom. The molecule has 2 fully saturated rings. The summed E-state index contributed by atoms with van der Waals surface area (Å²) < 4.78 is 27.1. The highest BCUT2D eigenvalue weighted by molar-refractivity contribution is 7.91. The van der Waals surface area contributed by atoms with Crippen molar-refractivity contribution in [2.75, 3.05) is 19.6 Å². The van der Waals surface area contributed by atoms with Gasteiger partial charge in [0.05, 0.1) is 0 Å². The van der Waals surface area contributed by atoms with Crippen molar-refractivity contribution >= 4 is 21.4 Å². The molecule has 0 aromatic carbocycles. The van der Waals surface area contributed by atoms with E-state index in [0.29, 0.717) is 18.2 Å². The number of thiazole rings is 1. The van der Waals surface area contributed by atoms with Gasteiger partial charge in [-0.3, -0.25) is 4.79 Å². The standard InChI is InChI=1S/C12H19N3O3S2/c1-8-11(19-12(16)14-8)20(17,18)13-6-9-4-5-15(7-9)10-2-3-10/h9-10,13H,2-7H2,1H3,(H,14,16). The van der Waals surface area contributed by atoms with E-state index >= 15 is 0 Å². The number of aromatic nitrogens is 1. The van der Waals surface area contributed by atoms with Crippen LogP contribution in [0.25, 0.3) is 0 Å². The molecule has 1 atom stereocenters. The Morgan fingerprint density at radius 3 is 2.75 bits per heavy atom. The van der Waals surface area contributed by atoms with Gasteiger partial charge in [0.25, 0.3) is 10.0 Å². The SMILES string of the molecule is Cc1[nH]c(=O)sc1S(=O)(=O)NCC1CCN(C2CC2)C1. The fraction of sp³-hybridized carbons (Fsp3) is 0.750. The predicted octanol–water partition coefficient (Wildman–Crippen LogP) is 0.507. The Kier molecular flexibility index (Phi) is 3.74. The van der Waals surface area contributed by atoms with Gasteiger partial charge in [0.15, 0.2) is 4.21 Å². The van der Waals surface area contributed by atoms with Crippen LogP contribution in [0.4, 0.5) is 0 Å². The van der Waals surface area contributed by atoms with Gasteiger partial charge in [0.1, 0.15) is 0 Å². The van der Waals surface area contributed by atoms with Gasteiger partial charge in [0, 0.05) is 24.8 Å². The second-order valence-electron chi connectivity index (χ2n) is 5.66. The molecule has 1 unspecified atom stereocenters. The van der Waals surface area contributed by atoms with E-state index in [1.165, 1.54) is 12.8 Å². The van der Waals surface area contributed by atoms with E-state index in [4.69, 9.17) is 0 Å². The molecule has 1 aromatic rings. The zero-order valence-corrected chi connectivity index (χ0v) is 13.0. The van der Waals surface area contributed by atoms with Gasteiger partial charge in [-0.2, -0.15) is 0 Å². The molecule has 1 saturated heterocycles. The number of H-pyrrole nitrogens is 1. The molecule has 0 spiro atoms. The van der Waals surface area contributed by atoms with Crippen molar-refractivity contribution in [2.45, 2.75) is 36.4 Å². The summed E-state index contributed by atoms with van der Waals surface area (Å²) in [6.07, 6.45) is 3.62. The number of aryl methyl sites for hydroxylation is 1. The predicted molar refractivity (Wildman–Crippen MR) is 77.6 cm³/mol. The summed E-state index contributed by atoms with van der Waals surface area (Å²) in [5.41, 5.74) is 0.415. The average Bonchev–Trinajstić information content (AvgIpc) is 3.02. The number of rotatable bonds is 5. The normalized spacial score (nSPS) is 24.4. The van der Waals surface area contributed by atoms with Gasteiger partial charge in [0.2, 0.25) is 0 Å². The summed E-state index contributed by atoms with van der Waals surface area (Å²) in [5.74, 6) is 0.376. The lowest BCUT2D eigenvalue weighted by atomic mass is 10.1. The second-order valence-corrected chi connectivity index (χ2v) is 8.61. The van der Waals surface area contributed by atoms with Gasteiger partial charge >= 0.3 is 4.87 Å². The van der Waals surface area contributed by atoms with Crippen molar-refractivity contribution in [3.63, 3.8) is 0 Å². The van der Waals surface area contributed by atoms with Crippen LogP contribution in [0.1, 0.15) is 25.0 Å². The van der Waals surface area contributed by atoms with Crippen molar-refractivity contribution in [3.8, 4) is 0 Å². The highest BCUT2D eigenvalue weighted by Gasteiger charge is 2.34. The Morgan fingerprint density at radius 1 is 1.40 bits per heavy atom. The molecule has 2 heterocycles. The Labute approximate surface area is 122 Å². The van der Waals surface area contributed by atoms with Crippen molar-refractivity contribution < 1.29 is 8.42 Å². The monoisotopic (exact) mass is 317 g/mol. The molecular weight excluding hydrogens is 298 g/mol. The van der Waals surface area contributed by atoms with Crippen molar-refractivity contribution in [3.05, 3.63) is 15.4 Å². The van der Waals surface area contributed by atoms with Crippen LogP contribution in [0.3, 0.4) is 0 Å². The van der Waals surface area contributed by atoms with Crippen molar-refractivity contribution in [2.24, 2.45) is 5.92 Å². The minimum absolute atomic E-state index is 0.111. The summed E-state index contributed by atoms with van der Waals surface area (Å²) in [6.45, 7) is 4.12. The first-order valence-electron chi connectivity index (χ1n) is 6.89. The van der Waals surface area contributed by atoms with Gasteiger partial charge < -0.3 is 9.88 Å². The van der Waals surface area contributed by atoms with Crippen LogP contribution in [-0.2, 0) is 10.0 Å². The number of sulfonamides is 1. The number of hydrogen-bond donors (Lipinski definition) is 2. The first-order chi connectivity index (χ1) is 9.45. The Bertz CT molecular complexity index is 645. The highest BCUT2D eigenvalue weighted by atomic mass is 32.2. The third-order valence-corrected chi connectivity index (χ3v) is 7.00. The fourth-order valence-corrected chi connectivity index (χ4v) is 5.20. The quantitative estimate of drug-likeness (QED) is 0.829. The third-order valence-electron chi connectivity index (χ3n) is 3.97. The molecule has 0 amide bonds. The lowest BCUT2D eigenvalue weighted by Gasteiger charge is -2.15. The van der Waals surface area contributed by atoms with Crippen LogP contribution in [0.5, 0.6) is 0 Å². The molecule has 1 aliphatic carbocycles. The van der Waals surface area contributed by atoms with Crippen LogP contribution >= 0.6 is 11.3 Å². The van der Waals surface area contributed by atoms with Crippen LogP contribution in [0.15, 0.2) is 9.00 Å². The molecule has 0 radical (unpaired) electrons. The van der Waals surface area contributed by atoms with E-state index in [-0.39, 0.29) is 9.08 Å². The fourth-order valence-electron chi connectivity index (χ4n) is 2.74. The van der Waals surface area contributed by atoms with E-state index in [1.54, 1.807) is 6.92 Å². The average molecular weight is 317 g/mol. The summed E-state index contributed by atoms with van der Waals surface area (Å²) in [4.78, 5) is 15.8. The molecule has 2 N–H and O–H groups in total. The first-order valence-corrected chi connectivity index (χ1v) is 9.19. The van der Waals surface area contributed by atoms with Gasteiger partial charge in [-0.25, -0.2) is 13.1 Å². The Hall–Kier alpha value is -0.700. The second kappa shape index (κ2) is 5.25. The molecular formula is C12H19N3O3S2. The largest absolute Gasteiger partial charge is 0.315 e. The summed E-state index contributed by atoms with van der Waals surface area (Å²) in [5, 5.41) is 0. The molecule has 6 nitrogen and oxygen atoms in total. The molecule has 8 heteroatoms. The topological polar surface area (TPSA) is 82.3 Å². The van der Waals surface area contributed by atoms with Gasteiger partial charge in [-0.05, 0) is 38.6 Å². The number of hydrogen-bond acceptors (Lipinski definition) is 5. The van der Waals surface area contributed by atoms with Gasteiger partial charge in [-0.15, -0.1) is 0 Å². The lowest BCUT2D eigenvalue weighted by molar-refractivity contribution is 0.314. The first kappa shape index (κ1) is 14.2. The van der Waals surface area contributed by atoms with E-state index < -0.39 is 10.0 Å². The van der Waals surface area contributed by atoms with E-state index in [0.717, 1.165) is 36.9 Å². The zero-order valence-electron chi connectivity index (χ0n) is 11.4. The van der Waals surface area contributed by atoms with Crippen LogP contribution < -0.4 is 9.60 Å². The molecule has 0 bridgehead atoms. The number of aromatic amines is 1. The Balaban J connectivity index is 1.60. The lowest BCUT2D eigenvalue weighted by Crippen LogP contribution is -2.31. The van der Waals surface area contributed by atoms with E-state index in [1.807, 2.05) is 0 Å². The van der Waals surface area contributed by atoms with Gasteiger partial charge in [-0.1, -0.05) is 11.3 Å². The van der Waals surface area contributed by atoms with Crippen molar-refractivity contribution in [1.29, 1.82) is 0 Å². The molecule has 1 aliphatic heterocycles. The minimum atomic E-state index is -3.56. The van der Waals surface area contributed by atoms with Crippen molar-refractivity contribution in [1.82, 2.24) is 14.6 Å². The maximum Gasteiger partial charge on any atom is 0.305 e. The number of likely N-dealkylation sites (tertiary alicyclic amines) is 1. The zero-order chi connectivity index (χ0) is 14.3. The third kappa shape index (κ3) is 2.98. The van der Waals surface area contributed by atoms with Crippen LogP contribution in [0.2, 0.25) is 0 Å². The minimum Gasteiger partial charge on any atom is -0.315 e. The summed E-state index contributed by atoms with van der Waals surface area (Å²) in [7, 11) is -3.56.